The van der Waals surface area contributed by atoms with Crippen LogP contribution in [0.15, 0.2) is 24.3 Å². The molecule has 25 heavy (non-hydrogen) atoms. The second-order valence-corrected chi connectivity index (χ2v) is 6.53. The van der Waals surface area contributed by atoms with Crippen molar-refractivity contribution in [2.45, 2.75) is 45.4 Å². The summed E-state index contributed by atoms with van der Waals surface area (Å²) in [5, 5.41) is 2.86. The lowest BCUT2D eigenvalue weighted by atomic mass is 10.2. The van der Waals surface area contributed by atoms with E-state index in [1.54, 1.807) is 0 Å². The van der Waals surface area contributed by atoms with Gasteiger partial charge in [-0.15, -0.1) is 0 Å². The topological polar surface area (TPSA) is 50.8 Å². The number of hydrogen-bond donors (Lipinski definition) is 1. The van der Waals surface area contributed by atoms with Crippen LogP contribution >= 0.6 is 0 Å². The summed E-state index contributed by atoms with van der Waals surface area (Å²) in [6, 6.07) is 7.48. The van der Waals surface area contributed by atoms with Crippen LogP contribution in [0, 0.1) is 0 Å². The number of nitrogens with zero attached hydrogens (tertiary/aromatic N) is 1. The summed E-state index contributed by atoms with van der Waals surface area (Å²) in [7, 11) is 4.04. The van der Waals surface area contributed by atoms with E-state index in [0.29, 0.717) is 12.3 Å². The molecule has 5 nitrogen and oxygen atoms in total. The molecule has 0 unspecified atom stereocenters. The van der Waals surface area contributed by atoms with E-state index in [0.717, 1.165) is 31.7 Å². The Kier molecular flexibility index (Phi) is 11.5. The highest BCUT2D eigenvalue weighted by Crippen LogP contribution is 2.19. The van der Waals surface area contributed by atoms with Crippen molar-refractivity contribution >= 4 is 5.91 Å². The zero-order chi connectivity index (χ0) is 18.3. The van der Waals surface area contributed by atoms with Gasteiger partial charge in [-0.25, -0.2) is 0 Å². The van der Waals surface area contributed by atoms with Crippen molar-refractivity contribution in [3.8, 4) is 11.5 Å². The van der Waals surface area contributed by atoms with Gasteiger partial charge >= 0.3 is 0 Å². The van der Waals surface area contributed by atoms with Gasteiger partial charge in [0.15, 0.2) is 6.61 Å². The van der Waals surface area contributed by atoms with E-state index in [-0.39, 0.29) is 12.5 Å². The third kappa shape index (κ3) is 11.4. The van der Waals surface area contributed by atoms with Crippen molar-refractivity contribution in [3.05, 3.63) is 24.3 Å². The van der Waals surface area contributed by atoms with Gasteiger partial charge in [-0.1, -0.05) is 38.7 Å². The fraction of sp³-hybridized carbons (Fsp3) is 0.650. The minimum atomic E-state index is -0.0963. The molecule has 0 saturated heterocycles. The monoisotopic (exact) mass is 350 g/mol. The van der Waals surface area contributed by atoms with Crippen LogP contribution in [0.5, 0.6) is 11.5 Å². The number of carbonyl (C=O) groups is 1. The number of benzene rings is 1. The Hall–Kier alpha value is -1.75. The van der Waals surface area contributed by atoms with Crippen LogP contribution in [0.3, 0.4) is 0 Å². The van der Waals surface area contributed by atoms with Gasteiger partial charge in [-0.3, -0.25) is 4.79 Å². The molecule has 1 aromatic rings. The van der Waals surface area contributed by atoms with Gasteiger partial charge in [0.1, 0.15) is 11.5 Å². The van der Waals surface area contributed by atoms with E-state index in [4.69, 9.17) is 9.47 Å². The fourth-order valence-electron chi connectivity index (χ4n) is 2.37. The Balaban J connectivity index is 2.20. The molecule has 0 aromatic heterocycles. The first kappa shape index (κ1) is 21.3. The largest absolute Gasteiger partial charge is 0.493 e. The lowest BCUT2D eigenvalue weighted by Crippen LogP contribution is -2.31. The summed E-state index contributed by atoms with van der Waals surface area (Å²) < 4.78 is 11.3. The smallest absolute Gasteiger partial charge is 0.257 e. The highest BCUT2D eigenvalue weighted by Gasteiger charge is 2.04. The average molecular weight is 351 g/mol. The molecule has 0 aliphatic heterocycles. The zero-order valence-corrected chi connectivity index (χ0v) is 16.1. The standard InChI is InChI=1S/C20H34N2O3/c1-4-5-6-7-8-15-24-18-11-9-12-19(16-18)25-17-20(23)21-13-10-14-22(2)3/h9,11-12,16H,4-8,10,13-15,17H2,1-3H3,(H,21,23). The molecule has 0 fully saturated rings. The van der Waals surface area contributed by atoms with E-state index >= 15 is 0 Å². The molecule has 0 saturated carbocycles. The summed E-state index contributed by atoms with van der Waals surface area (Å²) in [6.07, 6.45) is 7.02. The molecular formula is C20H34N2O3. The van der Waals surface area contributed by atoms with Gasteiger partial charge in [0.25, 0.3) is 5.91 Å². The van der Waals surface area contributed by atoms with Gasteiger partial charge in [-0.2, -0.15) is 0 Å². The predicted molar refractivity (Wildman–Crippen MR) is 102 cm³/mol. The molecule has 0 aliphatic rings. The minimum absolute atomic E-state index is 0.0302. The molecule has 142 valence electrons. The third-order valence-corrected chi connectivity index (χ3v) is 3.80. The van der Waals surface area contributed by atoms with Crippen LogP contribution in [-0.4, -0.2) is 51.2 Å². The SMILES string of the molecule is CCCCCCCOc1cccc(OCC(=O)NCCCN(C)C)c1. The minimum Gasteiger partial charge on any atom is -0.493 e. The number of amides is 1. The second-order valence-electron chi connectivity index (χ2n) is 6.53. The maximum absolute atomic E-state index is 11.8. The van der Waals surface area contributed by atoms with Gasteiger partial charge in [0, 0.05) is 12.6 Å². The second kappa shape index (κ2) is 13.5. The van der Waals surface area contributed by atoms with Crippen LogP contribution < -0.4 is 14.8 Å². The summed E-state index contributed by atoms with van der Waals surface area (Å²) >= 11 is 0. The van der Waals surface area contributed by atoms with Crippen LogP contribution in [0.2, 0.25) is 0 Å². The highest BCUT2D eigenvalue weighted by atomic mass is 16.5. The summed E-state index contributed by atoms with van der Waals surface area (Å²) in [5.41, 5.74) is 0. The molecule has 1 aromatic carbocycles. The number of ether oxygens (including phenoxy) is 2. The number of carbonyl (C=O) groups excluding carboxylic acids is 1. The first-order chi connectivity index (χ1) is 12.1. The number of unbranched alkanes of at least 4 members (excludes halogenated alkanes) is 4. The van der Waals surface area contributed by atoms with E-state index < -0.39 is 0 Å². The molecule has 0 atom stereocenters. The van der Waals surface area contributed by atoms with Crippen molar-refractivity contribution < 1.29 is 14.3 Å². The van der Waals surface area contributed by atoms with Crippen molar-refractivity contribution in [2.75, 3.05) is 40.4 Å². The van der Waals surface area contributed by atoms with Gasteiger partial charge in [0.2, 0.25) is 0 Å². The first-order valence-corrected chi connectivity index (χ1v) is 9.39. The maximum Gasteiger partial charge on any atom is 0.257 e. The molecule has 1 amide bonds. The molecule has 0 spiro atoms. The van der Waals surface area contributed by atoms with E-state index in [9.17, 15) is 4.79 Å². The Morgan fingerprint density at radius 2 is 1.76 bits per heavy atom. The van der Waals surface area contributed by atoms with E-state index in [2.05, 4.69) is 17.1 Å². The van der Waals surface area contributed by atoms with Gasteiger partial charge in [0.05, 0.1) is 6.61 Å². The molecule has 1 N–H and O–H groups in total. The van der Waals surface area contributed by atoms with Crippen LogP contribution in [-0.2, 0) is 4.79 Å². The van der Waals surface area contributed by atoms with Crippen molar-refractivity contribution in [1.82, 2.24) is 10.2 Å². The molecule has 0 bridgehead atoms. The Morgan fingerprint density at radius 3 is 2.48 bits per heavy atom. The average Bonchev–Trinajstić information content (AvgIpc) is 2.60. The Labute approximate surface area is 152 Å². The Morgan fingerprint density at radius 1 is 1.04 bits per heavy atom. The molecular weight excluding hydrogens is 316 g/mol. The normalized spacial score (nSPS) is 10.7. The van der Waals surface area contributed by atoms with Crippen LogP contribution in [0.1, 0.15) is 45.4 Å². The molecule has 1 rings (SSSR count). The maximum atomic E-state index is 11.8. The van der Waals surface area contributed by atoms with Crippen LogP contribution in [0.4, 0.5) is 0 Å². The summed E-state index contributed by atoms with van der Waals surface area (Å²) in [4.78, 5) is 13.9. The number of nitrogens with one attached hydrogen (secondary N) is 1. The van der Waals surface area contributed by atoms with E-state index in [1.807, 2.05) is 38.4 Å². The lowest BCUT2D eigenvalue weighted by molar-refractivity contribution is -0.123. The van der Waals surface area contributed by atoms with Gasteiger partial charge in [-0.05, 0) is 45.6 Å². The number of hydrogen-bond acceptors (Lipinski definition) is 4. The predicted octanol–water partition coefficient (Wildman–Crippen LogP) is 3.48. The molecule has 0 aliphatic carbocycles. The summed E-state index contributed by atoms with van der Waals surface area (Å²) in [5.74, 6) is 1.35. The molecule has 0 radical (unpaired) electrons. The van der Waals surface area contributed by atoms with Crippen molar-refractivity contribution in [1.29, 1.82) is 0 Å². The van der Waals surface area contributed by atoms with Crippen LogP contribution in [0.25, 0.3) is 0 Å². The lowest BCUT2D eigenvalue weighted by Gasteiger charge is -2.11. The quantitative estimate of drug-likeness (QED) is 0.522. The third-order valence-electron chi connectivity index (χ3n) is 3.80. The highest BCUT2D eigenvalue weighted by molar-refractivity contribution is 5.77. The zero-order valence-electron chi connectivity index (χ0n) is 16.1. The van der Waals surface area contributed by atoms with Gasteiger partial charge < -0.3 is 19.7 Å². The summed E-state index contributed by atoms with van der Waals surface area (Å²) in [6.45, 7) is 4.59. The first-order valence-electron chi connectivity index (χ1n) is 9.39. The fourth-order valence-corrected chi connectivity index (χ4v) is 2.37. The Bertz CT molecular complexity index is 478. The molecule has 5 heteroatoms. The number of rotatable bonds is 14. The van der Waals surface area contributed by atoms with E-state index in [1.165, 1.54) is 25.7 Å². The van der Waals surface area contributed by atoms with Crippen molar-refractivity contribution in [3.63, 3.8) is 0 Å². The van der Waals surface area contributed by atoms with Crippen molar-refractivity contribution in [2.24, 2.45) is 0 Å². The molecule has 0 heterocycles.